The smallest absolute Gasteiger partial charge is 0.256 e. The van der Waals surface area contributed by atoms with E-state index in [1.807, 2.05) is 37.3 Å². The number of hydrogen-bond donors (Lipinski definition) is 1. The minimum absolute atomic E-state index is 0.0455. The minimum atomic E-state index is -3.51. The van der Waals surface area contributed by atoms with Gasteiger partial charge in [-0.25, -0.2) is 8.42 Å². The summed E-state index contributed by atoms with van der Waals surface area (Å²) in [5, 5.41) is 2.88. The average Bonchev–Trinajstić information content (AvgIpc) is 2.54. The van der Waals surface area contributed by atoms with Crippen LogP contribution in [0.5, 0.6) is 0 Å². The number of hydrogen-bond acceptors (Lipinski definition) is 4. The number of carbonyl (C=O) groups is 1. The fourth-order valence-electron chi connectivity index (χ4n) is 2.49. The third-order valence-electron chi connectivity index (χ3n) is 3.75. The van der Waals surface area contributed by atoms with Crippen molar-refractivity contribution in [2.45, 2.75) is 13.0 Å². The van der Waals surface area contributed by atoms with Crippen molar-refractivity contribution in [1.82, 2.24) is 10.2 Å². The quantitative estimate of drug-likeness (QED) is 0.907. The van der Waals surface area contributed by atoms with Crippen LogP contribution in [0.1, 0.15) is 18.5 Å². The van der Waals surface area contributed by atoms with E-state index in [9.17, 15) is 13.2 Å². The highest BCUT2D eigenvalue weighted by atomic mass is 32.2. The standard InChI is InChI=1S/C16H17N3O3S/c1-12(13-6-3-2-4-7-13)17-16(20)14-8-5-9-19-10-11-23(21,22)18-15(14)19/h2-9,12H,10-11H2,1H3,(H,17,20)/t12-/m0/s1. The first kappa shape index (κ1) is 15.5. The van der Waals surface area contributed by atoms with Crippen LogP contribution in [-0.2, 0) is 14.8 Å². The zero-order chi connectivity index (χ0) is 16.4. The van der Waals surface area contributed by atoms with Crippen LogP contribution in [0.3, 0.4) is 0 Å². The summed E-state index contributed by atoms with van der Waals surface area (Å²) in [7, 11) is -3.51. The maximum absolute atomic E-state index is 12.5. The van der Waals surface area contributed by atoms with Gasteiger partial charge in [-0.3, -0.25) is 4.79 Å². The highest BCUT2D eigenvalue weighted by Gasteiger charge is 2.30. The van der Waals surface area contributed by atoms with Crippen LogP contribution in [-0.4, -0.2) is 37.4 Å². The summed E-state index contributed by atoms with van der Waals surface area (Å²) < 4.78 is 27.2. The lowest BCUT2D eigenvalue weighted by molar-refractivity contribution is -0.117. The molecule has 6 nitrogen and oxygen atoms in total. The van der Waals surface area contributed by atoms with Crippen molar-refractivity contribution in [3.63, 3.8) is 0 Å². The van der Waals surface area contributed by atoms with E-state index < -0.39 is 10.0 Å². The number of fused-ring (bicyclic) bond motifs is 1. The van der Waals surface area contributed by atoms with Crippen LogP contribution in [0.15, 0.2) is 58.7 Å². The van der Waals surface area contributed by atoms with E-state index in [2.05, 4.69) is 9.71 Å². The Hall–Kier alpha value is -2.41. The topological polar surface area (TPSA) is 78.8 Å². The molecule has 1 amide bonds. The second-order valence-corrected chi connectivity index (χ2v) is 7.18. The molecule has 0 unspecified atom stereocenters. The molecule has 0 radical (unpaired) electrons. The van der Waals surface area contributed by atoms with Crippen molar-refractivity contribution in [3.8, 4) is 0 Å². The van der Waals surface area contributed by atoms with E-state index in [1.54, 1.807) is 23.3 Å². The largest absolute Gasteiger partial charge is 0.345 e. The number of carbonyl (C=O) groups excluding carboxylic acids is 1. The van der Waals surface area contributed by atoms with Crippen molar-refractivity contribution in [2.75, 3.05) is 12.3 Å². The van der Waals surface area contributed by atoms with E-state index in [-0.39, 0.29) is 29.1 Å². The molecular formula is C16H17N3O3S. The third-order valence-corrected chi connectivity index (χ3v) is 4.90. The van der Waals surface area contributed by atoms with Crippen LogP contribution in [0.2, 0.25) is 0 Å². The van der Waals surface area contributed by atoms with Crippen molar-refractivity contribution < 1.29 is 13.2 Å². The fraction of sp³-hybridized carbons (Fsp3) is 0.250. The van der Waals surface area contributed by atoms with Crippen LogP contribution in [0.25, 0.3) is 0 Å². The lowest BCUT2D eigenvalue weighted by Crippen LogP contribution is -2.42. The Balaban J connectivity index is 1.83. The summed E-state index contributed by atoms with van der Waals surface area (Å²) in [6, 6.07) is 9.38. The van der Waals surface area contributed by atoms with E-state index in [4.69, 9.17) is 0 Å². The lowest BCUT2D eigenvalue weighted by Gasteiger charge is -2.29. The van der Waals surface area contributed by atoms with Gasteiger partial charge in [0, 0.05) is 12.7 Å². The Kier molecular flexibility index (Phi) is 4.04. The molecule has 2 aliphatic rings. The van der Waals surface area contributed by atoms with Crippen LogP contribution in [0.4, 0.5) is 0 Å². The van der Waals surface area contributed by atoms with Crippen molar-refractivity contribution in [1.29, 1.82) is 0 Å². The van der Waals surface area contributed by atoms with Crippen molar-refractivity contribution in [2.24, 2.45) is 4.40 Å². The molecule has 1 aromatic carbocycles. The SMILES string of the molecule is C[C@H](NC(=O)C1=CC=CN2CCS(=O)(=O)N=C12)c1ccccc1. The highest BCUT2D eigenvalue weighted by Crippen LogP contribution is 2.19. The molecule has 2 heterocycles. The van der Waals surface area contributed by atoms with Gasteiger partial charge in [0.05, 0.1) is 17.4 Å². The molecule has 0 bridgehead atoms. The monoisotopic (exact) mass is 331 g/mol. The van der Waals surface area contributed by atoms with Gasteiger partial charge in [0.15, 0.2) is 5.84 Å². The van der Waals surface area contributed by atoms with Gasteiger partial charge in [-0.15, -0.1) is 4.40 Å². The number of sulfonamides is 1. The molecule has 1 aromatic rings. The van der Waals surface area contributed by atoms with Gasteiger partial charge < -0.3 is 10.2 Å². The predicted molar refractivity (Wildman–Crippen MR) is 88.2 cm³/mol. The summed E-state index contributed by atoms with van der Waals surface area (Å²) >= 11 is 0. The van der Waals surface area contributed by atoms with E-state index in [0.29, 0.717) is 6.54 Å². The molecular weight excluding hydrogens is 314 g/mol. The molecule has 7 heteroatoms. The number of amidine groups is 1. The molecule has 120 valence electrons. The Morgan fingerprint density at radius 1 is 1.30 bits per heavy atom. The number of rotatable bonds is 3. The van der Waals surface area contributed by atoms with Gasteiger partial charge >= 0.3 is 0 Å². The second-order valence-electron chi connectivity index (χ2n) is 5.42. The molecule has 0 aliphatic carbocycles. The summed E-state index contributed by atoms with van der Waals surface area (Å²) in [5.41, 5.74) is 1.24. The molecule has 0 saturated heterocycles. The number of nitrogens with zero attached hydrogens (tertiary/aromatic N) is 2. The summed E-state index contributed by atoms with van der Waals surface area (Å²) in [6.07, 6.45) is 5.03. The second kappa shape index (κ2) is 6.00. The van der Waals surface area contributed by atoms with Crippen molar-refractivity contribution in [3.05, 3.63) is 59.8 Å². The molecule has 23 heavy (non-hydrogen) atoms. The summed E-state index contributed by atoms with van der Waals surface area (Å²) in [6.45, 7) is 2.18. The van der Waals surface area contributed by atoms with E-state index in [1.165, 1.54) is 0 Å². The number of nitrogens with one attached hydrogen (secondary N) is 1. The molecule has 0 saturated carbocycles. The molecule has 0 fully saturated rings. The third kappa shape index (κ3) is 3.34. The Labute approximate surface area is 135 Å². The highest BCUT2D eigenvalue weighted by molar-refractivity contribution is 7.90. The van der Waals surface area contributed by atoms with Crippen molar-refractivity contribution >= 4 is 21.8 Å². The molecule has 2 aliphatic heterocycles. The Morgan fingerprint density at radius 3 is 2.78 bits per heavy atom. The molecule has 1 atom stereocenters. The zero-order valence-corrected chi connectivity index (χ0v) is 13.5. The summed E-state index contributed by atoms with van der Waals surface area (Å²) in [4.78, 5) is 14.2. The molecule has 0 aromatic heterocycles. The first-order valence-corrected chi connectivity index (χ1v) is 8.91. The van der Waals surface area contributed by atoms with E-state index >= 15 is 0 Å². The van der Waals surface area contributed by atoms with E-state index in [0.717, 1.165) is 5.56 Å². The van der Waals surface area contributed by atoms with Gasteiger partial charge in [0.2, 0.25) is 0 Å². The first-order chi connectivity index (χ1) is 11.0. The Morgan fingerprint density at radius 2 is 2.04 bits per heavy atom. The Bertz CT molecular complexity index is 810. The first-order valence-electron chi connectivity index (χ1n) is 7.30. The van der Waals surface area contributed by atoms with Crippen LogP contribution < -0.4 is 5.32 Å². The van der Waals surface area contributed by atoms with Gasteiger partial charge in [-0.2, -0.15) is 0 Å². The summed E-state index contributed by atoms with van der Waals surface area (Å²) in [5.74, 6) is -0.195. The predicted octanol–water partition coefficient (Wildman–Crippen LogP) is 1.36. The van der Waals surface area contributed by atoms with Crippen LogP contribution in [0, 0.1) is 0 Å². The van der Waals surface area contributed by atoms with Gasteiger partial charge in [0.25, 0.3) is 15.9 Å². The number of amides is 1. The van der Waals surface area contributed by atoms with Gasteiger partial charge in [-0.1, -0.05) is 30.3 Å². The van der Waals surface area contributed by atoms with Gasteiger partial charge in [0.1, 0.15) is 0 Å². The molecule has 0 spiro atoms. The molecule has 3 rings (SSSR count). The minimum Gasteiger partial charge on any atom is -0.345 e. The fourth-order valence-corrected chi connectivity index (χ4v) is 3.48. The maximum atomic E-state index is 12.5. The van der Waals surface area contributed by atoms with Crippen LogP contribution >= 0.6 is 0 Å². The molecule has 1 N–H and O–H groups in total. The normalized spacial score (nSPS) is 20.1. The number of benzene rings is 1. The average molecular weight is 331 g/mol. The lowest BCUT2D eigenvalue weighted by atomic mass is 10.1. The van der Waals surface area contributed by atoms with Gasteiger partial charge in [-0.05, 0) is 24.6 Å². The maximum Gasteiger partial charge on any atom is 0.256 e. The zero-order valence-electron chi connectivity index (χ0n) is 12.6. The number of allylic oxidation sites excluding steroid dienone is 2.